The summed E-state index contributed by atoms with van der Waals surface area (Å²) in [5.41, 5.74) is 0. The molecule has 0 spiro atoms. The highest BCUT2D eigenvalue weighted by Crippen LogP contribution is 2.14. The molecular formula is C10H15N5O2S. The highest BCUT2D eigenvalue weighted by Gasteiger charge is 2.24. The second-order valence-electron chi connectivity index (χ2n) is 4.16. The van der Waals surface area contributed by atoms with Gasteiger partial charge in [0, 0.05) is 7.05 Å². The molecule has 1 aromatic heterocycles. The average molecular weight is 269 g/mol. The molecule has 1 aliphatic rings. The number of rotatable bonds is 4. The summed E-state index contributed by atoms with van der Waals surface area (Å²) in [6, 6.07) is 0. The first-order valence-corrected chi connectivity index (χ1v) is 6.69. The lowest BCUT2D eigenvalue weighted by molar-refractivity contribution is -0.137. The molecule has 0 atom stereocenters. The number of aromatic amines is 1. The van der Waals surface area contributed by atoms with Gasteiger partial charge >= 0.3 is 0 Å². The number of aromatic nitrogens is 3. The summed E-state index contributed by atoms with van der Waals surface area (Å²) in [5.74, 6) is 2.28. The molecule has 98 valence electrons. The van der Waals surface area contributed by atoms with Gasteiger partial charge in [0.1, 0.15) is 12.4 Å². The largest absolute Gasteiger partial charge is 0.337 e. The summed E-state index contributed by atoms with van der Waals surface area (Å²) >= 11 is 1.53. The van der Waals surface area contributed by atoms with Crippen molar-refractivity contribution in [2.45, 2.75) is 13.5 Å². The minimum absolute atomic E-state index is 0.0236. The fourth-order valence-electron chi connectivity index (χ4n) is 1.58. The zero-order chi connectivity index (χ0) is 13.1. The van der Waals surface area contributed by atoms with E-state index in [0.717, 1.165) is 5.82 Å². The summed E-state index contributed by atoms with van der Waals surface area (Å²) in [6.45, 7) is 2.28. The first-order valence-electron chi connectivity index (χ1n) is 5.53. The topological polar surface area (TPSA) is 82.2 Å². The quantitative estimate of drug-likeness (QED) is 0.804. The van der Waals surface area contributed by atoms with E-state index in [4.69, 9.17) is 0 Å². The molecule has 2 amide bonds. The van der Waals surface area contributed by atoms with E-state index in [1.54, 1.807) is 18.9 Å². The van der Waals surface area contributed by atoms with Crippen molar-refractivity contribution < 1.29 is 9.59 Å². The molecule has 8 heteroatoms. The van der Waals surface area contributed by atoms with Gasteiger partial charge in [0.25, 0.3) is 0 Å². The maximum Gasteiger partial charge on any atom is 0.242 e. The zero-order valence-electron chi connectivity index (χ0n) is 10.3. The Morgan fingerprint density at radius 1 is 1.61 bits per heavy atom. The van der Waals surface area contributed by atoms with E-state index in [1.807, 2.05) is 0 Å². The first-order chi connectivity index (χ1) is 8.56. The number of hydrogen-bond donors (Lipinski definition) is 1. The molecule has 0 radical (unpaired) electrons. The summed E-state index contributed by atoms with van der Waals surface area (Å²) in [4.78, 5) is 30.5. The summed E-state index contributed by atoms with van der Waals surface area (Å²) in [5, 5.41) is 6.70. The Morgan fingerprint density at radius 2 is 2.39 bits per heavy atom. The number of nitrogens with one attached hydrogen (secondary N) is 1. The second-order valence-corrected chi connectivity index (χ2v) is 5.11. The molecule has 1 fully saturated rings. The van der Waals surface area contributed by atoms with Crippen LogP contribution in [0.3, 0.4) is 0 Å². The Morgan fingerprint density at radius 3 is 2.94 bits per heavy atom. The molecule has 1 aliphatic heterocycles. The minimum atomic E-state index is -0.103. The van der Waals surface area contributed by atoms with Gasteiger partial charge in [0.2, 0.25) is 11.8 Å². The SMILES string of the molecule is Cc1nc(CN(C)C(=O)CN2CSCC2=O)n[nH]1. The van der Waals surface area contributed by atoms with Gasteiger partial charge in [-0.2, -0.15) is 5.10 Å². The van der Waals surface area contributed by atoms with E-state index < -0.39 is 0 Å². The third-order valence-corrected chi connectivity index (χ3v) is 3.54. The van der Waals surface area contributed by atoms with Gasteiger partial charge in [0.05, 0.1) is 18.2 Å². The molecule has 0 unspecified atom stereocenters. The maximum atomic E-state index is 11.9. The molecule has 2 heterocycles. The molecule has 0 aromatic carbocycles. The number of hydrogen-bond acceptors (Lipinski definition) is 5. The lowest BCUT2D eigenvalue weighted by Crippen LogP contribution is -2.39. The van der Waals surface area contributed by atoms with Gasteiger partial charge < -0.3 is 9.80 Å². The molecule has 7 nitrogen and oxygen atoms in total. The monoisotopic (exact) mass is 269 g/mol. The van der Waals surface area contributed by atoms with Crippen LogP contribution >= 0.6 is 11.8 Å². The number of H-pyrrole nitrogens is 1. The predicted molar refractivity (Wildman–Crippen MR) is 66.6 cm³/mol. The molecule has 18 heavy (non-hydrogen) atoms. The third-order valence-electron chi connectivity index (χ3n) is 2.60. The van der Waals surface area contributed by atoms with Gasteiger partial charge in [-0.3, -0.25) is 14.7 Å². The van der Waals surface area contributed by atoms with E-state index in [1.165, 1.54) is 16.7 Å². The first kappa shape index (κ1) is 12.9. The summed E-state index contributed by atoms with van der Waals surface area (Å²) in [7, 11) is 1.68. The number of likely N-dealkylation sites (N-methyl/N-ethyl adjacent to an activating group) is 1. The van der Waals surface area contributed by atoms with Crippen molar-refractivity contribution in [3.05, 3.63) is 11.6 Å². The highest BCUT2D eigenvalue weighted by atomic mass is 32.2. The number of thioether (sulfide) groups is 1. The molecule has 0 saturated carbocycles. The smallest absolute Gasteiger partial charge is 0.242 e. The molecule has 1 aromatic rings. The highest BCUT2D eigenvalue weighted by molar-refractivity contribution is 8.00. The van der Waals surface area contributed by atoms with E-state index in [0.29, 0.717) is 24.0 Å². The van der Waals surface area contributed by atoms with Crippen LogP contribution in [0, 0.1) is 6.92 Å². The van der Waals surface area contributed by atoms with Gasteiger partial charge in [-0.25, -0.2) is 4.98 Å². The zero-order valence-corrected chi connectivity index (χ0v) is 11.2. The molecule has 1 N–H and O–H groups in total. The van der Waals surface area contributed by atoms with Crippen LogP contribution in [0.25, 0.3) is 0 Å². The van der Waals surface area contributed by atoms with Crippen molar-refractivity contribution in [3.8, 4) is 0 Å². The number of amides is 2. The molecule has 2 rings (SSSR count). The lowest BCUT2D eigenvalue weighted by Gasteiger charge is -2.19. The Balaban J connectivity index is 1.86. The standard InChI is InChI=1S/C10H15N5O2S/c1-7-11-8(13-12-7)3-14(2)9(16)4-15-6-18-5-10(15)17/h3-6H2,1-2H3,(H,11,12,13). The van der Waals surface area contributed by atoms with Crippen LogP contribution in [0.15, 0.2) is 0 Å². The Labute approximate surface area is 109 Å². The summed E-state index contributed by atoms with van der Waals surface area (Å²) in [6.07, 6.45) is 0. The van der Waals surface area contributed by atoms with Gasteiger partial charge in [0.15, 0.2) is 5.82 Å². The number of nitrogens with zero attached hydrogens (tertiary/aromatic N) is 4. The maximum absolute atomic E-state index is 11.9. The van der Waals surface area contributed by atoms with E-state index in [9.17, 15) is 9.59 Å². The van der Waals surface area contributed by atoms with Crippen molar-refractivity contribution in [3.63, 3.8) is 0 Å². The van der Waals surface area contributed by atoms with Crippen LogP contribution in [0.5, 0.6) is 0 Å². The fraction of sp³-hybridized carbons (Fsp3) is 0.600. The predicted octanol–water partition coefficient (Wildman–Crippen LogP) is -0.396. The van der Waals surface area contributed by atoms with E-state index in [-0.39, 0.29) is 18.4 Å². The van der Waals surface area contributed by atoms with Crippen molar-refractivity contribution in [2.75, 3.05) is 25.2 Å². The number of carbonyl (C=O) groups excluding carboxylic acids is 2. The van der Waals surface area contributed by atoms with Crippen molar-refractivity contribution >= 4 is 23.6 Å². The van der Waals surface area contributed by atoms with Crippen LogP contribution < -0.4 is 0 Å². The number of carbonyl (C=O) groups is 2. The normalized spacial score (nSPS) is 15.2. The molecule has 0 aliphatic carbocycles. The van der Waals surface area contributed by atoms with E-state index in [2.05, 4.69) is 15.2 Å². The Kier molecular flexibility index (Phi) is 3.85. The molecular weight excluding hydrogens is 254 g/mol. The van der Waals surface area contributed by atoms with Crippen molar-refractivity contribution in [2.24, 2.45) is 0 Å². The third kappa shape index (κ3) is 3.00. The van der Waals surface area contributed by atoms with Crippen LogP contribution in [0.2, 0.25) is 0 Å². The van der Waals surface area contributed by atoms with Crippen LogP contribution in [0.4, 0.5) is 0 Å². The second kappa shape index (κ2) is 5.38. The van der Waals surface area contributed by atoms with Gasteiger partial charge in [-0.15, -0.1) is 11.8 Å². The van der Waals surface area contributed by atoms with Gasteiger partial charge in [-0.1, -0.05) is 0 Å². The van der Waals surface area contributed by atoms with Crippen LogP contribution in [-0.2, 0) is 16.1 Å². The summed E-state index contributed by atoms with van der Waals surface area (Å²) < 4.78 is 0. The van der Waals surface area contributed by atoms with Crippen LogP contribution in [-0.4, -0.2) is 62.0 Å². The van der Waals surface area contributed by atoms with Crippen molar-refractivity contribution in [1.29, 1.82) is 0 Å². The fourth-order valence-corrected chi connectivity index (χ4v) is 2.49. The van der Waals surface area contributed by atoms with E-state index >= 15 is 0 Å². The Bertz CT molecular complexity index is 461. The van der Waals surface area contributed by atoms with Crippen molar-refractivity contribution in [1.82, 2.24) is 25.0 Å². The lowest BCUT2D eigenvalue weighted by atomic mass is 10.4. The molecule has 1 saturated heterocycles. The minimum Gasteiger partial charge on any atom is -0.337 e. The average Bonchev–Trinajstić information content (AvgIpc) is 2.89. The van der Waals surface area contributed by atoms with Crippen LogP contribution in [0.1, 0.15) is 11.6 Å². The van der Waals surface area contributed by atoms with Gasteiger partial charge in [-0.05, 0) is 6.92 Å². The Hall–Kier alpha value is -1.57. The number of aryl methyl sites for hydroxylation is 1. The molecule has 0 bridgehead atoms.